The molecule has 0 aliphatic carbocycles. The van der Waals surface area contributed by atoms with E-state index in [2.05, 4.69) is 152 Å². The van der Waals surface area contributed by atoms with Crippen molar-refractivity contribution in [2.75, 3.05) is 0 Å². The largest absolute Gasteiger partial charge is 0.494 e. The van der Waals surface area contributed by atoms with E-state index in [0.717, 1.165) is 27.9 Å². The van der Waals surface area contributed by atoms with Crippen LogP contribution >= 0.6 is 0 Å². The molecule has 5 aromatic carbocycles. The zero-order valence-electron chi connectivity index (χ0n) is 23.8. The van der Waals surface area contributed by atoms with Crippen LogP contribution in [-0.2, 0) is 9.31 Å². The van der Waals surface area contributed by atoms with Gasteiger partial charge in [-0.05, 0) is 75.6 Å². The van der Waals surface area contributed by atoms with Gasteiger partial charge in [0.25, 0.3) is 0 Å². The molecule has 7 aromatic rings. The maximum absolute atomic E-state index is 6.42. The van der Waals surface area contributed by atoms with Crippen LogP contribution in [0.2, 0.25) is 0 Å². The highest BCUT2D eigenvalue weighted by molar-refractivity contribution is 6.62. The van der Waals surface area contributed by atoms with Crippen LogP contribution in [0.5, 0.6) is 0 Å². The third-order valence-electron chi connectivity index (χ3n) is 9.15. The zero-order valence-corrected chi connectivity index (χ0v) is 23.8. The second-order valence-electron chi connectivity index (χ2n) is 12.1. The van der Waals surface area contributed by atoms with Gasteiger partial charge in [-0.2, -0.15) is 0 Å². The van der Waals surface area contributed by atoms with Crippen molar-refractivity contribution in [2.24, 2.45) is 0 Å². The maximum atomic E-state index is 6.42. The lowest BCUT2D eigenvalue weighted by Crippen LogP contribution is -2.41. The van der Waals surface area contributed by atoms with Crippen LogP contribution in [0.25, 0.3) is 55.0 Å². The minimum atomic E-state index is -0.406. The molecule has 0 amide bonds. The molecular formula is C36H31BN2O2. The second-order valence-corrected chi connectivity index (χ2v) is 12.1. The van der Waals surface area contributed by atoms with Crippen LogP contribution in [0, 0.1) is 0 Å². The first-order valence-electron chi connectivity index (χ1n) is 14.3. The number of nitrogens with zero attached hydrogens (tertiary/aromatic N) is 2. The lowest BCUT2D eigenvalue weighted by molar-refractivity contribution is 0.00578. The van der Waals surface area contributed by atoms with Crippen molar-refractivity contribution in [3.63, 3.8) is 0 Å². The van der Waals surface area contributed by atoms with Crippen LogP contribution in [-0.4, -0.2) is 27.5 Å². The van der Waals surface area contributed by atoms with Crippen molar-refractivity contribution in [1.82, 2.24) is 9.13 Å². The van der Waals surface area contributed by atoms with Gasteiger partial charge < -0.3 is 18.4 Å². The van der Waals surface area contributed by atoms with Gasteiger partial charge in [0.2, 0.25) is 0 Å². The molecule has 1 saturated heterocycles. The fraction of sp³-hybridized carbons (Fsp3) is 0.167. The van der Waals surface area contributed by atoms with Gasteiger partial charge in [0.1, 0.15) is 0 Å². The Hall–Kier alpha value is -4.32. The van der Waals surface area contributed by atoms with E-state index in [1.54, 1.807) is 0 Å². The monoisotopic (exact) mass is 534 g/mol. The van der Waals surface area contributed by atoms with Gasteiger partial charge >= 0.3 is 7.12 Å². The fourth-order valence-electron chi connectivity index (χ4n) is 6.35. The van der Waals surface area contributed by atoms with Gasteiger partial charge in [-0.15, -0.1) is 0 Å². The first kappa shape index (κ1) is 24.5. The molecule has 1 aliphatic heterocycles. The SMILES string of the molecule is CC1(C)OB(c2ccc3c(c2)c2ccc(-n4c5ccccc5c5ccccc54)cc2n3-c2ccccc2)OC1(C)C. The van der Waals surface area contributed by atoms with Crippen molar-refractivity contribution in [2.45, 2.75) is 38.9 Å². The standard InChI is InChI=1S/C36H31BN2O2/c1-35(2)36(3,4)41-37(40-35)24-18-21-33-30(22-24)29-20-19-26(23-34(29)38(33)25-12-6-5-7-13-25)39-31-16-10-8-14-27(31)28-15-9-11-17-32(28)39/h5-23H,1-4H3. The van der Waals surface area contributed by atoms with Crippen LogP contribution in [0.15, 0.2) is 115 Å². The first-order chi connectivity index (χ1) is 19.8. The second kappa shape index (κ2) is 8.59. The quantitative estimate of drug-likeness (QED) is 0.214. The Labute approximate surface area is 239 Å². The van der Waals surface area contributed by atoms with E-state index < -0.39 is 7.12 Å². The molecule has 1 fully saturated rings. The number of hydrogen-bond donors (Lipinski definition) is 0. The van der Waals surface area contributed by atoms with Crippen LogP contribution < -0.4 is 5.46 Å². The van der Waals surface area contributed by atoms with Crippen LogP contribution in [0.4, 0.5) is 0 Å². The molecule has 200 valence electrons. The van der Waals surface area contributed by atoms with E-state index in [0.29, 0.717) is 0 Å². The Bertz CT molecular complexity index is 2050. The minimum absolute atomic E-state index is 0.387. The van der Waals surface area contributed by atoms with E-state index in [1.807, 2.05) is 0 Å². The lowest BCUT2D eigenvalue weighted by Gasteiger charge is -2.32. The van der Waals surface area contributed by atoms with Gasteiger partial charge in [-0.25, -0.2) is 0 Å². The highest BCUT2D eigenvalue weighted by Gasteiger charge is 2.51. The van der Waals surface area contributed by atoms with Crippen LogP contribution in [0.3, 0.4) is 0 Å². The third kappa shape index (κ3) is 3.56. The molecule has 0 N–H and O–H groups in total. The minimum Gasteiger partial charge on any atom is -0.399 e. The fourth-order valence-corrected chi connectivity index (χ4v) is 6.35. The molecule has 4 nitrogen and oxygen atoms in total. The Morgan fingerprint density at radius 3 is 1.66 bits per heavy atom. The molecule has 1 aliphatic rings. The number of fused-ring (bicyclic) bond motifs is 6. The molecule has 0 bridgehead atoms. The molecule has 3 heterocycles. The summed E-state index contributed by atoms with van der Waals surface area (Å²) in [4.78, 5) is 0. The highest BCUT2D eigenvalue weighted by Crippen LogP contribution is 2.39. The molecule has 0 atom stereocenters. The van der Waals surface area contributed by atoms with E-state index in [9.17, 15) is 0 Å². The summed E-state index contributed by atoms with van der Waals surface area (Å²) in [6.07, 6.45) is 0. The average molecular weight is 534 g/mol. The summed E-state index contributed by atoms with van der Waals surface area (Å²) in [6, 6.07) is 41.4. The summed E-state index contributed by atoms with van der Waals surface area (Å²) in [5.41, 5.74) is 7.27. The summed E-state index contributed by atoms with van der Waals surface area (Å²) in [5.74, 6) is 0. The molecule has 0 spiro atoms. The van der Waals surface area contributed by atoms with E-state index >= 15 is 0 Å². The van der Waals surface area contributed by atoms with Crippen molar-refractivity contribution in [1.29, 1.82) is 0 Å². The van der Waals surface area contributed by atoms with Crippen molar-refractivity contribution in [3.05, 3.63) is 115 Å². The van der Waals surface area contributed by atoms with E-state index in [1.165, 1.54) is 32.6 Å². The van der Waals surface area contributed by atoms with Gasteiger partial charge in [-0.3, -0.25) is 0 Å². The zero-order chi connectivity index (χ0) is 27.9. The van der Waals surface area contributed by atoms with E-state index in [4.69, 9.17) is 9.31 Å². The summed E-state index contributed by atoms with van der Waals surface area (Å²) >= 11 is 0. The predicted octanol–water partition coefficient (Wildman–Crippen LogP) is 8.18. The highest BCUT2D eigenvalue weighted by atomic mass is 16.7. The average Bonchev–Trinajstić information content (AvgIpc) is 3.56. The molecule has 0 saturated carbocycles. The Morgan fingerprint density at radius 1 is 0.463 bits per heavy atom. The van der Waals surface area contributed by atoms with E-state index in [-0.39, 0.29) is 11.2 Å². The first-order valence-corrected chi connectivity index (χ1v) is 14.3. The van der Waals surface area contributed by atoms with Gasteiger partial charge in [0.05, 0.1) is 33.3 Å². The molecule has 2 aromatic heterocycles. The Balaban J connectivity index is 1.39. The molecule has 5 heteroatoms. The smallest absolute Gasteiger partial charge is 0.399 e. The number of benzene rings is 5. The molecule has 8 rings (SSSR count). The van der Waals surface area contributed by atoms with Crippen molar-refractivity contribution >= 4 is 56.2 Å². The topological polar surface area (TPSA) is 28.3 Å². The van der Waals surface area contributed by atoms with Gasteiger partial charge in [0.15, 0.2) is 0 Å². The molecule has 41 heavy (non-hydrogen) atoms. The lowest BCUT2D eigenvalue weighted by atomic mass is 9.78. The Morgan fingerprint density at radius 2 is 1.00 bits per heavy atom. The predicted molar refractivity (Wildman–Crippen MR) is 171 cm³/mol. The number of aromatic nitrogens is 2. The van der Waals surface area contributed by atoms with Gasteiger partial charge in [-0.1, -0.05) is 72.8 Å². The normalized spacial score (nSPS) is 16.4. The summed E-state index contributed by atoms with van der Waals surface area (Å²) in [6.45, 7) is 8.40. The van der Waals surface area contributed by atoms with Gasteiger partial charge in [0, 0.05) is 32.9 Å². The molecular weight excluding hydrogens is 503 g/mol. The summed E-state index contributed by atoms with van der Waals surface area (Å²) < 4.78 is 17.6. The van der Waals surface area contributed by atoms with Crippen LogP contribution in [0.1, 0.15) is 27.7 Å². The number of para-hydroxylation sites is 3. The maximum Gasteiger partial charge on any atom is 0.494 e. The Kier molecular flexibility index (Phi) is 5.13. The number of rotatable bonds is 3. The van der Waals surface area contributed by atoms with Crippen molar-refractivity contribution < 1.29 is 9.31 Å². The third-order valence-corrected chi connectivity index (χ3v) is 9.15. The number of hydrogen-bond acceptors (Lipinski definition) is 2. The molecule has 0 unspecified atom stereocenters. The molecule has 0 radical (unpaired) electrons. The summed E-state index contributed by atoms with van der Waals surface area (Å²) in [5, 5.41) is 4.91. The summed E-state index contributed by atoms with van der Waals surface area (Å²) in [7, 11) is -0.406. The van der Waals surface area contributed by atoms with Crippen molar-refractivity contribution in [3.8, 4) is 11.4 Å².